The smallest absolute Gasteiger partial charge is 0.416 e. The third-order valence-corrected chi connectivity index (χ3v) is 7.88. The fraction of sp³-hybridized carbons (Fsp3) is 0.630. The normalized spacial score (nSPS) is 20.4. The lowest BCUT2D eigenvalue weighted by atomic mass is 9.85. The van der Waals surface area contributed by atoms with Crippen molar-refractivity contribution in [2.75, 3.05) is 19.6 Å². The minimum absolute atomic E-state index is 0.0557. The number of aryl methyl sites for hydroxylation is 1. The Labute approximate surface area is 221 Å². The van der Waals surface area contributed by atoms with Gasteiger partial charge >= 0.3 is 6.18 Å². The van der Waals surface area contributed by atoms with Crippen molar-refractivity contribution in [2.45, 2.75) is 82.5 Å². The van der Waals surface area contributed by atoms with E-state index >= 15 is 0 Å². The van der Waals surface area contributed by atoms with Gasteiger partial charge in [0, 0.05) is 19.2 Å². The van der Waals surface area contributed by atoms with Crippen molar-refractivity contribution in [2.24, 2.45) is 7.05 Å². The fourth-order valence-electron chi connectivity index (χ4n) is 5.40. The molecule has 38 heavy (non-hydrogen) atoms. The Hall–Kier alpha value is -2.95. The number of alkyl halides is 3. The molecule has 11 heteroatoms. The molecule has 0 spiro atoms. The maximum absolute atomic E-state index is 13.0. The second-order valence-electron chi connectivity index (χ2n) is 10.5. The van der Waals surface area contributed by atoms with Gasteiger partial charge in [-0.25, -0.2) is 4.68 Å². The first-order chi connectivity index (χ1) is 18.4. The van der Waals surface area contributed by atoms with E-state index in [0.29, 0.717) is 11.9 Å². The first kappa shape index (κ1) is 26.6. The molecule has 0 radical (unpaired) electrons. The van der Waals surface area contributed by atoms with Crippen molar-refractivity contribution in [3.8, 4) is 5.75 Å². The molecule has 2 aliphatic rings. The molecule has 3 aromatic rings. The summed E-state index contributed by atoms with van der Waals surface area (Å²) in [5.41, 5.74) is 0.345. The van der Waals surface area contributed by atoms with E-state index in [1.807, 2.05) is 16.3 Å². The van der Waals surface area contributed by atoms with E-state index in [2.05, 4.69) is 31.6 Å². The zero-order chi connectivity index (χ0) is 26.5. The minimum Gasteiger partial charge on any atom is -0.486 e. The molecule has 0 atom stereocenters. The number of ether oxygens (including phenoxy) is 1. The van der Waals surface area contributed by atoms with E-state index in [0.717, 1.165) is 62.2 Å². The summed E-state index contributed by atoms with van der Waals surface area (Å²) in [7, 11) is 1.89. The van der Waals surface area contributed by atoms with Gasteiger partial charge in [-0.15, -0.1) is 15.3 Å². The van der Waals surface area contributed by atoms with Crippen LogP contribution in [0.2, 0.25) is 0 Å². The predicted molar refractivity (Wildman–Crippen MR) is 136 cm³/mol. The van der Waals surface area contributed by atoms with Crippen LogP contribution in [0.5, 0.6) is 5.75 Å². The van der Waals surface area contributed by atoms with Crippen LogP contribution in [0.3, 0.4) is 0 Å². The molecule has 206 valence electrons. The first-order valence-corrected chi connectivity index (χ1v) is 13.7. The maximum atomic E-state index is 13.0. The lowest BCUT2D eigenvalue weighted by Gasteiger charge is -2.30. The first-order valence-electron chi connectivity index (χ1n) is 13.7. The van der Waals surface area contributed by atoms with E-state index in [1.165, 1.54) is 51.0 Å². The zero-order valence-electron chi connectivity index (χ0n) is 21.9. The van der Waals surface area contributed by atoms with Crippen molar-refractivity contribution in [3.05, 3.63) is 53.4 Å². The highest BCUT2D eigenvalue weighted by atomic mass is 19.4. The number of nitrogens with zero attached hydrogens (tertiary/aromatic N) is 7. The van der Waals surface area contributed by atoms with Crippen molar-refractivity contribution in [1.29, 1.82) is 0 Å². The molecule has 0 unspecified atom stereocenters. The van der Waals surface area contributed by atoms with Crippen molar-refractivity contribution in [1.82, 2.24) is 34.7 Å². The molecule has 1 saturated heterocycles. The molecule has 5 rings (SSSR count). The number of aromatic nitrogens is 6. The monoisotopic (exact) mass is 531 g/mol. The largest absolute Gasteiger partial charge is 0.486 e. The fourth-order valence-corrected chi connectivity index (χ4v) is 5.40. The highest BCUT2D eigenvalue weighted by Gasteiger charge is 2.31. The topological polar surface area (TPSA) is 73.9 Å². The van der Waals surface area contributed by atoms with Crippen LogP contribution in [0, 0.1) is 0 Å². The van der Waals surface area contributed by atoms with Gasteiger partial charge in [0.05, 0.1) is 17.3 Å². The third-order valence-electron chi connectivity index (χ3n) is 7.88. The highest BCUT2D eigenvalue weighted by Crippen LogP contribution is 2.37. The average Bonchev–Trinajstić information content (AvgIpc) is 3.50. The zero-order valence-corrected chi connectivity index (χ0v) is 21.9. The van der Waals surface area contributed by atoms with Crippen LogP contribution in [0.1, 0.15) is 86.2 Å². The van der Waals surface area contributed by atoms with Crippen molar-refractivity contribution >= 4 is 0 Å². The second kappa shape index (κ2) is 11.8. The van der Waals surface area contributed by atoms with Gasteiger partial charge in [-0.3, -0.25) is 0 Å². The van der Waals surface area contributed by atoms with E-state index in [4.69, 9.17) is 4.74 Å². The van der Waals surface area contributed by atoms with Gasteiger partial charge in [-0.1, -0.05) is 17.7 Å². The van der Waals surface area contributed by atoms with Gasteiger partial charge in [-0.05, 0) is 89.2 Å². The highest BCUT2D eigenvalue weighted by molar-refractivity contribution is 5.30. The molecule has 2 aromatic heterocycles. The number of unbranched alkanes of at least 4 members (excludes halogenated alkanes) is 2. The standard InChI is InChI=1S/C27H36F3N7O/c1-35-25(19-38-24-9-5-7-21(17-24)27(28,29)30)32-33-26(35)20-10-12-23(13-11-20)37-18-22(31-34-37)8-3-2-4-14-36-15-6-16-36/h5,7,9,17-18,20,23H,2-4,6,8,10-16,19H2,1H3. The molecule has 2 fully saturated rings. The number of likely N-dealkylation sites (tertiary alicyclic amines) is 1. The molecule has 0 amide bonds. The Bertz CT molecular complexity index is 1180. The molecule has 1 aromatic carbocycles. The lowest BCUT2D eigenvalue weighted by molar-refractivity contribution is -0.137. The summed E-state index contributed by atoms with van der Waals surface area (Å²) < 4.78 is 48.4. The molecule has 1 aliphatic carbocycles. The van der Waals surface area contributed by atoms with E-state index in [1.54, 1.807) is 0 Å². The maximum Gasteiger partial charge on any atom is 0.416 e. The number of halogens is 3. The molecule has 1 saturated carbocycles. The van der Waals surface area contributed by atoms with E-state index < -0.39 is 11.7 Å². The molecule has 8 nitrogen and oxygen atoms in total. The summed E-state index contributed by atoms with van der Waals surface area (Å²) in [5.74, 6) is 1.91. The van der Waals surface area contributed by atoms with Crippen LogP contribution >= 0.6 is 0 Å². The number of hydrogen-bond acceptors (Lipinski definition) is 6. The van der Waals surface area contributed by atoms with Gasteiger partial charge in [0.2, 0.25) is 0 Å². The van der Waals surface area contributed by atoms with Crippen LogP contribution in [-0.4, -0.2) is 54.3 Å². The Balaban J connectivity index is 1.07. The second-order valence-corrected chi connectivity index (χ2v) is 10.5. The van der Waals surface area contributed by atoms with Crippen LogP contribution in [0.4, 0.5) is 13.2 Å². The summed E-state index contributed by atoms with van der Waals surface area (Å²) in [6, 6.07) is 5.23. The van der Waals surface area contributed by atoms with Crippen molar-refractivity contribution < 1.29 is 17.9 Å². The summed E-state index contributed by atoms with van der Waals surface area (Å²) >= 11 is 0. The van der Waals surface area contributed by atoms with Crippen LogP contribution in [-0.2, 0) is 26.3 Å². The molecule has 0 bridgehead atoms. The molecular formula is C27H36F3N7O. The summed E-state index contributed by atoms with van der Waals surface area (Å²) in [4.78, 5) is 2.52. The van der Waals surface area contributed by atoms with E-state index in [9.17, 15) is 13.2 Å². The van der Waals surface area contributed by atoms with Gasteiger partial charge in [0.1, 0.15) is 18.2 Å². The van der Waals surface area contributed by atoms with Crippen LogP contribution in [0.15, 0.2) is 30.5 Å². The summed E-state index contributed by atoms with van der Waals surface area (Å²) in [6.07, 6.45) is 7.63. The predicted octanol–water partition coefficient (Wildman–Crippen LogP) is 5.32. The lowest BCUT2D eigenvalue weighted by Crippen LogP contribution is -2.37. The third kappa shape index (κ3) is 6.54. The summed E-state index contributed by atoms with van der Waals surface area (Å²) in [5, 5.41) is 17.5. The Morgan fingerprint density at radius 3 is 2.55 bits per heavy atom. The Morgan fingerprint density at radius 2 is 1.82 bits per heavy atom. The van der Waals surface area contributed by atoms with Crippen LogP contribution < -0.4 is 4.74 Å². The number of benzene rings is 1. The van der Waals surface area contributed by atoms with Crippen LogP contribution in [0.25, 0.3) is 0 Å². The van der Waals surface area contributed by atoms with Gasteiger partial charge in [-0.2, -0.15) is 13.2 Å². The van der Waals surface area contributed by atoms with Gasteiger partial charge in [0.15, 0.2) is 5.82 Å². The molecule has 3 heterocycles. The quantitative estimate of drug-likeness (QED) is 0.312. The molecule has 1 aliphatic heterocycles. The average molecular weight is 532 g/mol. The molecular weight excluding hydrogens is 495 g/mol. The van der Waals surface area contributed by atoms with Crippen molar-refractivity contribution in [3.63, 3.8) is 0 Å². The number of rotatable bonds is 11. The SMILES string of the molecule is Cn1c(COc2cccc(C(F)(F)F)c2)nnc1C1CCC(n2cc(CCCCCN3CCC3)nn2)CC1. The molecule has 0 N–H and O–H groups in total. The van der Waals surface area contributed by atoms with Gasteiger partial charge in [0.25, 0.3) is 0 Å². The van der Waals surface area contributed by atoms with Gasteiger partial charge < -0.3 is 14.2 Å². The summed E-state index contributed by atoms with van der Waals surface area (Å²) in [6.45, 7) is 3.82. The Kier molecular flexibility index (Phi) is 8.30. The van der Waals surface area contributed by atoms with E-state index in [-0.39, 0.29) is 18.3 Å². The Morgan fingerprint density at radius 1 is 1.00 bits per heavy atom. The minimum atomic E-state index is -4.41. The number of hydrogen-bond donors (Lipinski definition) is 0.